The van der Waals surface area contributed by atoms with Crippen LogP contribution in [-0.2, 0) is 4.74 Å². The summed E-state index contributed by atoms with van der Waals surface area (Å²) in [6, 6.07) is 0.566. The maximum Gasteiger partial charge on any atom is 0.191 e. The molecule has 2 aliphatic rings. The molecule has 2 N–H and O–H groups in total. The molecule has 0 aromatic carbocycles. The van der Waals surface area contributed by atoms with E-state index >= 15 is 0 Å². The highest BCUT2D eigenvalue weighted by molar-refractivity contribution is 14.0. The van der Waals surface area contributed by atoms with E-state index in [0.29, 0.717) is 6.04 Å². The van der Waals surface area contributed by atoms with Crippen molar-refractivity contribution in [1.29, 1.82) is 0 Å². The Balaban J connectivity index is 0.00000392. The van der Waals surface area contributed by atoms with Crippen LogP contribution in [0.5, 0.6) is 0 Å². The molecule has 0 atom stereocenters. The quantitative estimate of drug-likeness (QED) is 0.270. The van der Waals surface area contributed by atoms with Gasteiger partial charge in [-0.15, -0.1) is 24.0 Å². The maximum atomic E-state index is 5.19. The lowest BCUT2D eigenvalue weighted by Crippen LogP contribution is -2.49. The van der Waals surface area contributed by atoms with Gasteiger partial charge in [0.05, 0.1) is 6.61 Å². The number of unbranched alkanes of at least 4 members (excludes halogenated alkanes) is 1. The van der Waals surface area contributed by atoms with E-state index in [-0.39, 0.29) is 24.0 Å². The van der Waals surface area contributed by atoms with Gasteiger partial charge in [-0.3, -0.25) is 4.99 Å². The Morgan fingerprint density at radius 3 is 2.25 bits per heavy atom. The number of rotatable bonds is 10. The highest BCUT2D eigenvalue weighted by atomic mass is 127. The van der Waals surface area contributed by atoms with Crippen molar-refractivity contribution in [2.75, 3.05) is 66.1 Å². The summed E-state index contributed by atoms with van der Waals surface area (Å²) in [7, 11) is 1.78. The smallest absolute Gasteiger partial charge is 0.191 e. The standard InChI is InChI=1S/C21H43N5O.HI/c1-4-6-11-25-14-9-20(10-15-25)24-21(22-5-2)23-18-19-7-12-26(13-8-19)16-17-27-3;/h19-20H,4-18H2,1-3H3,(H2,22,23,24);1H. The molecule has 2 saturated heterocycles. The minimum Gasteiger partial charge on any atom is -0.383 e. The fourth-order valence-electron chi connectivity index (χ4n) is 4.03. The Hall–Kier alpha value is -0.120. The Labute approximate surface area is 190 Å². The van der Waals surface area contributed by atoms with Crippen LogP contribution in [0.1, 0.15) is 52.4 Å². The van der Waals surface area contributed by atoms with E-state index in [1.54, 1.807) is 7.11 Å². The zero-order valence-corrected chi connectivity index (χ0v) is 20.7. The zero-order chi connectivity index (χ0) is 19.3. The maximum absolute atomic E-state index is 5.19. The molecule has 2 fully saturated rings. The number of ether oxygens (including phenoxy) is 1. The third-order valence-corrected chi connectivity index (χ3v) is 5.93. The molecule has 0 bridgehead atoms. The summed E-state index contributed by atoms with van der Waals surface area (Å²) < 4.78 is 5.19. The second-order valence-electron chi connectivity index (χ2n) is 8.11. The van der Waals surface area contributed by atoms with Crippen molar-refractivity contribution < 1.29 is 4.74 Å². The Morgan fingerprint density at radius 2 is 1.64 bits per heavy atom. The molecule has 7 heteroatoms. The number of nitrogens with one attached hydrogen (secondary N) is 2. The molecule has 0 spiro atoms. The van der Waals surface area contributed by atoms with Crippen LogP contribution < -0.4 is 10.6 Å². The van der Waals surface area contributed by atoms with E-state index in [1.165, 1.54) is 71.2 Å². The first kappa shape index (κ1) is 25.9. The number of hydrogen-bond acceptors (Lipinski definition) is 4. The van der Waals surface area contributed by atoms with Crippen LogP contribution in [0, 0.1) is 5.92 Å². The fraction of sp³-hybridized carbons (Fsp3) is 0.952. The molecular weight excluding hydrogens is 465 g/mol. The van der Waals surface area contributed by atoms with Crippen LogP contribution in [0.4, 0.5) is 0 Å². The van der Waals surface area contributed by atoms with Crippen molar-refractivity contribution in [3.63, 3.8) is 0 Å². The van der Waals surface area contributed by atoms with Crippen molar-refractivity contribution in [2.24, 2.45) is 10.9 Å². The third kappa shape index (κ3) is 10.1. The molecule has 166 valence electrons. The second kappa shape index (κ2) is 15.7. The largest absolute Gasteiger partial charge is 0.383 e. The Morgan fingerprint density at radius 1 is 1.00 bits per heavy atom. The molecule has 28 heavy (non-hydrogen) atoms. The average molecular weight is 510 g/mol. The third-order valence-electron chi connectivity index (χ3n) is 5.93. The number of piperidine rings is 2. The first-order valence-corrected chi connectivity index (χ1v) is 11.2. The van der Waals surface area contributed by atoms with Crippen LogP contribution in [0.3, 0.4) is 0 Å². The summed E-state index contributed by atoms with van der Waals surface area (Å²) in [6.07, 6.45) is 7.58. The van der Waals surface area contributed by atoms with Gasteiger partial charge in [0.15, 0.2) is 5.96 Å². The van der Waals surface area contributed by atoms with Crippen molar-refractivity contribution in [1.82, 2.24) is 20.4 Å². The molecule has 2 rings (SSSR count). The molecule has 2 heterocycles. The summed E-state index contributed by atoms with van der Waals surface area (Å²) >= 11 is 0. The summed E-state index contributed by atoms with van der Waals surface area (Å²) in [5, 5.41) is 7.15. The second-order valence-corrected chi connectivity index (χ2v) is 8.11. The minimum atomic E-state index is 0. The molecule has 6 nitrogen and oxygen atoms in total. The van der Waals surface area contributed by atoms with E-state index in [1.807, 2.05) is 0 Å². The number of hydrogen-bond donors (Lipinski definition) is 2. The van der Waals surface area contributed by atoms with Gasteiger partial charge in [-0.05, 0) is 64.6 Å². The SMILES string of the molecule is CCCCN1CCC(NC(=NCC2CCN(CCOC)CC2)NCC)CC1.I. The van der Waals surface area contributed by atoms with Crippen LogP contribution in [0.15, 0.2) is 4.99 Å². The van der Waals surface area contributed by atoms with E-state index in [4.69, 9.17) is 9.73 Å². The van der Waals surface area contributed by atoms with E-state index < -0.39 is 0 Å². The number of aliphatic imine (C=N–C) groups is 1. The van der Waals surface area contributed by atoms with Crippen LogP contribution in [0.2, 0.25) is 0 Å². The summed E-state index contributed by atoms with van der Waals surface area (Å²) in [5.41, 5.74) is 0. The summed E-state index contributed by atoms with van der Waals surface area (Å²) in [5.74, 6) is 1.74. The number of halogens is 1. The van der Waals surface area contributed by atoms with E-state index in [2.05, 4.69) is 34.3 Å². The molecule has 0 radical (unpaired) electrons. The molecule has 0 amide bonds. The lowest BCUT2D eigenvalue weighted by atomic mass is 9.97. The number of likely N-dealkylation sites (tertiary alicyclic amines) is 2. The van der Waals surface area contributed by atoms with Gasteiger partial charge in [-0.1, -0.05) is 13.3 Å². The molecule has 0 aromatic rings. The highest BCUT2D eigenvalue weighted by Crippen LogP contribution is 2.17. The van der Waals surface area contributed by atoms with Crippen molar-refractivity contribution in [3.8, 4) is 0 Å². The predicted molar refractivity (Wildman–Crippen MR) is 130 cm³/mol. The van der Waals surface area contributed by atoms with Gasteiger partial charge < -0.3 is 25.2 Å². The van der Waals surface area contributed by atoms with Crippen LogP contribution >= 0.6 is 24.0 Å². The Kier molecular flexibility index (Phi) is 14.5. The zero-order valence-electron chi connectivity index (χ0n) is 18.4. The highest BCUT2D eigenvalue weighted by Gasteiger charge is 2.21. The van der Waals surface area contributed by atoms with Gasteiger partial charge >= 0.3 is 0 Å². The van der Waals surface area contributed by atoms with Gasteiger partial charge in [0.1, 0.15) is 0 Å². The number of nitrogens with zero attached hydrogens (tertiary/aromatic N) is 3. The van der Waals surface area contributed by atoms with Gasteiger partial charge in [0.25, 0.3) is 0 Å². The first-order valence-electron chi connectivity index (χ1n) is 11.2. The molecule has 0 aromatic heterocycles. The van der Waals surface area contributed by atoms with Gasteiger partial charge in [-0.25, -0.2) is 0 Å². The van der Waals surface area contributed by atoms with Gasteiger partial charge in [-0.2, -0.15) is 0 Å². The normalized spacial score (nSPS) is 20.8. The van der Waals surface area contributed by atoms with E-state index in [0.717, 1.165) is 38.1 Å². The lowest BCUT2D eigenvalue weighted by molar-refractivity contribution is 0.121. The fourth-order valence-corrected chi connectivity index (χ4v) is 4.03. The summed E-state index contributed by atoms with van der Waals surface area (Å²) in [6.45, 7) is 14.3. The van der Waals surface area contributed by atoms with Crippen molar-refractivity contribution >= 4 is 29.9 Å². The molecular formula is C21H44IN5O. The summed E-state index contributed by atoms with van der Waals surface area (Å²) in [4.78, 5) is 10.1. The average Bonchev–Trinajstić information content (AvgIpc) is 2.71. The minimum absolute atomic E-state index is 0. The van der Waals surface area contributed by atoms with Gasteiger partial charge in [0, 0.05) is 45.9 Å². The van der Waals surface area contributed by atoms with Crippen molar-refractivity contribution in [2.45, 2.75) is 58.4 Å². The van der Waals surface area contributed by atoms with Crippen LogP contribution in [-0.4, -0.2) is 87.9 Å². The topological polar surface area (TPSA) is 52.1 Å². The van der Waals surface area contributed by atoms with Gasteiger partial charge in [0.2, 0.25) is 0 Å². The van der Waals surface area contributed by atoms with E-state index in [9.17, 15) is 0 Å². The lowest BCUT2D eigenvalue weighted by Gasteiger charge is -2.33. The van der Waals surface area contributed by atoms with Crippen LogP contribution in [0.25, 0.3) is 0 Å². The first-order chi connectivity index (χ1) is 13.2. The molecule has 0 unspecified atom stereocenters. The van der Waals surface area contributed by atoms with Crippen molar-refractivity contribution in [3.05, 3.63) is 0 Å². The number of methoxy groups -OCH3 is 1. The molecule has 0 saturated carbocycles. The monoisotopic (exact) mass is 509 g/mol. The Bertz CT molecular complexity index is 408. The number of guanidine groups is 1. The predicted octanol–water partition coefficient (Wildman–Crippen LogP) is 2.78. The molecule has 0 aliphatic carbocycles. The molecule has 2 aliphatic heterocycles.